The summed E-state index contributed by atoms with van der Waals surface area (Å²) in [6.07, 6.45) is 9.61. The molecule has 8 heteroatoms. The number of carbonyl (C=O) groups excluding carboxylic acids is 2. The first kappa shape index (κ1) is 26.2. The fourth-order valence-electron chi connectivity index (χ4n) is 5.51. The Hall–Kier alpha value is -4.04. The Balaban J connectivity index is 1.16. The summed E-state index contributed by atoms with van der Waals surface area (Å²) < 4.78 is 0. The van der Waals surface area contributed by atoms with Gasteiger partial charge in [0, 0.05) is 46.7 Å². The Kier molecular flexibility index (Phi) is 7.60. The molecule has 2 aromatic carbocycles. The van der Waals surface area contributed by atoms with Crippen LogP contribution in [0.15, 0.2) is 60.8 Å². The fourth-order valence-corrected chi connectivity index (χ4v) is 6.66. The van der Waals surface area contributed by atoms with Gasteiger partial charge in [0.15, 0.2) is 0 Å². The van der Waals surface area contributed by atoms with Crippen LogP contribution in [0.1, 0.15) is 68.1 Å². The smallest absolute Gasteiger partial charge is 0.265 e. The second-order valence-electron chi connectivity index (χ2n) is 10.5. The summed E-state index contributed by atoms with van der Waals surface area (Å²) in [6, 6.07) is 17.3. The maximum absolute atomic E-state index is 13.1. The van der Waals surface area contributed by atoms with Crippen LogP contribution in [-0.4, -0.2) is 39.8 Å². The highest BCUT2D eigenvalue weighted by Crippen LogP contribution is 2.32. The zero-order valence-electron chi connectivity index (χ0n) is 22.7. The van der Waals surface area contributed by atoms with Gasteiger partial charge < -0.3 is 15.5 Å². The Morgan fingerprint density at radius 1 is 0.925 bits per heavy atom. The molecule has 0 spiro atoms. The van der Waals surface area contributed by atoms with Gasteiger partial charge in [0.05, 0.1) is 10.6 Å². The van der Waals surface area contributed by atoms with Gasteiger partial charge >= 0.3 is 0 Å². The van der Waals surface area contributed by atoms with Gasteiger partial charge in [-0.2, -0.15) is 0 Å². The van der Waals surface area contributed by atoms with Gasteiger partial charge in [-0.3, -0.25) is 9.59 Å². The van der Waals surface area contributed by atoms with E-state index in [0.717, 1.165) is 71.8 Å². The predicted octanol–water partition coefficient (Wildman–Crippen LogP) is 7.01. The highest BCUT2D eigenvalue weighted by atomic mass is 32.1. The third-order valence-electron chi connectivity index (χ3n) is 7.77. The van der Waals surface area contributed by atoms with E-state index in [1.54, 1.807) is 17.5 Å². The molecule has 0 radical (unpaired) electrons. The van der Waals surface area contributed by atoms with Gasteiger partial charge in [0.25, 0.3) is 11.8 Å². The summed E-state index contributed by atoms with van der Waals surface area (Å²) in [7, 11) is 0. The van der Waals surface area contributed by atoms with Gasteiger partial charge in [0.1, 0.15) is 0 Å². The van der Waals surface area contributed by atoms with E-state index in [2.05, 4.69) is 21.7 Å². The molecule has 2 N–H and O–H groups in total. The lowest BCUT2D eigenvalue weighted by Gasteiger charge is -2.26. The average molecular weight is 552 g/mol. The predicted molar refractivity (Wildman–Crippen MR) is 161 cm³/mol. The molecule has 1 saturated heterocycles. The maximum atomic E-state index is 13.1. The van der Waals surface area contributed by atoms with Gasteiger partial charge in [-0.25, -0.2) is 9.97 Å². The zero-order chi connectivity index (χ0) is 27.5. The molecule has 0 unspecified atom stereocenters. The van der Waals surface area contributed by atoms with Crippen LogP contribution in [0.4, 0.5) is 17.3 Å². The van der Waals surface area contributed by atoms with Crippen molar-refractivity contribution in [3.63, 3.8) is 0 Å². The first-order chi connectivity index (χ1) is 19.5. The quantitative estimate of drug-likeness (QED) is 0.269. The van der Waals surface area contributed by atoms with Crippen molar-refractivity contribution in [1.82, 2.24) is 14.9 Å². The van der Waals surface area contributed by atoms with E-state index >= 15 is 0 Å². The van der Waals surface area contributed by atoms with Crippen LogP contribution < -0.4 is 10.6 Å². The second-order valence-corrected chi connectivity index (χ2v) is 11.7. The van der Waals surface area contributed by atoms with E-state index in [1.165, 1.54) is 29.7 Å². The number of hydrogen-bond acceptors (Lipinski definition) is 6. The van der Waals surface area contributed by atoms with Crippen LogP contribution in [0.25, 0.3) is 11.3 Å². The highest BCUT2D eigenvalue weighted by molar-refractivity contribution is 7.14. The van der Waals surface area contributed by atoms with E-state index in [9.17, 15) is 9.59 Å². The highest BCUT2D eigenvalue weighted by Gasteiger charge is 2.20. The molecule has 2 aliphatic rings. The fraction of sp³-hybridized carbons (Fsp3) is 0.312. The summed E-state index contributed by atoms with van der Waals surface area (Å²) in [6.45, 7) is 3.66. The summed E-state index contributed by atoms with van der Waals surface area (Å²) >= 11 is 1.62. The molecule has 6 rings (SSSR count). The molecule has 0 atom stereocenters. The van der Waals surface area contributed by atoms with E-state index in [4.69, 9.17) is 4.98 Å². The van der Waals surface area contributed by atoms with Crippen LogP contribution in [-0.2, 0) is 12.8 Å². The number of amides is 2. The molecule has 4 aromatic rings. The van der Waals surface area contributed by atoms with Crippen LogP contribution in [0, 0.1) is 6.92 Å². The number of fused-ring (bicyclic) bond motifs is 1. The summed E-state index contributed by atoms with van der Waals surface area (Å²) in [5.74, 6) is 0.489. The Morgan fingerprint density at radius 3 is 2.52 bits per heavy atom. The zero-order valence-corrected chi connectivity index (χ0v) is 23.5. The summed E-state index contributed by atoms with van der Waals surface area (Å²) in [5, 5.41) is 6.38. The Morgan fingerprint density at radius 2 is 1.73 bits per heavy atom. The van der Waals surface area contributed by atoms with Crippen LogP contribution in [0.5, 0.6) is 0 Å². The SMILES string of the molecule is Cc1c(NC(=O)c2cc3c(s2)CCCC3)cccc1-c1ccnc(Nc2ccc(C(=O)N3CCCCC3)cc2)n1. The lowest BCUT2D eigenvalue weighted by molar-refractivity contribution is 0.0724. The number of nitrogens with zero attached hydrogens (tertiary/aromatic N) is 3. The molecule has 1 fully saturated rings. The minimum atomic E-state index is -0.0630. The van der Waals surface area contributed by atoms with Crippen molar-refractivity contribution < 1.29 is 9.59 Å². The lowest BCUT2D eigenvalue weighted by atomic mass is 9.99. The minimum Gasteiger partial charge on any atom is -0.339 e. The van der Waals surface area contributed by atoms with Crippen LogP contribution in [0.3, 0.4) is 0 Å². The van der Waals surface area contributed by atoms with Crippen molar-refractivity contribution in [3.05, 3.63) is 87.2 Å². The number of hydrogen-bond donors (Lipinski definition) is 2. The van der Waals surface area contributed by atoms with Crippen molar-refractivity contribution in [2.24, 2.45) is 0 Å². The van der Waals surface area contributed by atoms with Gasteiger partial charge in [-0.15, -0.1) is 11.3 Å². The molecule has 1 aliphatic carbocycles. The topological polar surface area (TPSA) is 87.2 Å². The molecular weight excluding hydrogens is 518 g/mol. The normalized spacial score (nSPS) is 14.9. The third-order valence-corrected chi connectivity index (χ3v) is 9.00. The first-order valence-corrected chi connectivity index (χ1v) is 14.9. The Bertz CT molecular complexity index is 1520. The van der Waals surface area contributed by atoms with Crippen molar-refractivity contribution in [3.8, 4) is 11.3 Å². The molecule has 40 heavy (non-hydrogen) atoms. The summed E-state index contributed by atoms with van der Waals surface area (Å²) in [5.41, 5.74) is 6.24. The van der Waals surface area contributed by atoms with E-state index < -0.39 is 0 Å². The number of aromatic nitrogens is 2. The van der Waals surface area contributed by atoms with Crippen LogP contribution >= 0.6 is 11.3 Å². The average Bonchev–Trinajstić information content (AvgIpc) is 3.44. The van der Waals surface area contributed by atoms with Gasteiger partial charge in [0.2, 0.25) is 5.95 Å². The molecular formula is C32H33N5O2S. The second kappa shape index (κ2) is 11.6. The monoisotopic (exact) mass is 551 g/mol. The number of aryl methyl sites for hydroxylation is 2. The van der Waals surface area contributed by atoms with Crippen molar-refractivity contribution in [2.45, 2.75) is 51.9 Å². The number of anilines is 3. The number of benzene rings is 2. The van der Waals surface area contributed by atoms with Crippen LogP contribution in [0.2, 0.25) is 0 Å². The molecule has 0 bridgehead atoms. The maximum Gasteiger partial charge on any atom is 0.265 e. The number of thiophene rings is 1. The molecule has 7 nitrogen and oxygen atoms in total. The van der Waals surface area contributed by atoms with E-state index in [0.29, 0.717) is 11.5 Å². The minimum absolute atomic E-state index is 0.0630. The lowest BCUT2D eigenvalue weighted by Crippen LogP contribution is -2.35. The molecule has 1 aliphatic heterocycles. The molecule has 3 heterocycles. The number of rotatable bonds is 6. The number of nitrogens with one attached hydrogen (secondary N) is 2. The molecule has 2 amide bonds. The molecule has 204 valence electrons. The van der Waals surface area contributed by atoms with Crippen molar-refractivity contribution in [2.75, 3.05) is 23.7 Å². The third kappa shape index (κ3) is 5.63. The van der Waals surface area contributed by atoms with Gasteiger partial charge in [-0.05, 0) is 105 Å². The molecule has 2 aromatic heterocycles. The van der Waals surface area contributed by atoms with Crippen molar-refractivity contribution in [1.29, 1.82) is 0 Å². The number of carbonyl (C=O) groups is 2. The summed E-state index contributed by atoms with van der Waals surface area (Å²) in [4.78, 5) is 39.1. The number of likely N-dealkylation sites (tertiary alicyclic amines) is 1. The van der Waals surface area contributed by atoms with E-state index in [1.807, 2.05) is 60.4 Å². The van der Waals surface area contributed by atoms with E-state index in [-0.39, 0.29) is 11.8 Å². The standard InChI is InChI=1S/C32H33N5O2S/c1-21-25(9-7-10-26(21)35-30(38)29-20-23-8-3-4-11-28(23)40-29)27-16-17-33-32(36-27)34-24-14-12-22(13-15-24)31(39)37-18-5-2-6-19-37/h7,9-10,12-17,20H,2-6,8,11,18-19H2,1H3,(H,35,38)(H,33,34,36). The molecule has 0 saturated carbocycles. The van der Waals surface area contributed by atoms with Crippen molar-refractivity contribution >= 4 is 40.5 Å². The van der Waals surface area contributed by atoms with Gasteiger partial charge in [-0.1, -0.05) is 12.1 Å². The Labute approximate surface area is 238 Å². The largest absolute Gasteiger partial charge is 0.339 e. The first-order valence-electron chi connectivity index (χ1n) is 14.1. The number of piperidine rings is 1.